The number of phenols is 3. The van der Waals surface area contributed by atoms with Crippen molar-refractivity contribution in [2.45, 2.75) is 20.8 Å². The summed E-state index contributed by atoms with van der Waals surface area (Å²) in [6.07, 6.45) is 0. The van der Waals surface area contributed by atoms with Crippen LogP contribution in [0.4, 0.5) is 17.1 Å². The van der Waals surface area contributed by atoms with Crippen LogP contribution in [0.15, 0.2) is 78.9 Å². The highest BCUT2D eigenvalue weighted by Crippen LogP contribution is 2.41. The number of anilines is 3. The first kappa shape index (κ1) is 21.1. The zero-order valence-electron chi connectivity index (χ0n) is 18.2. The van der Waals surface area contributed by atoms with Gasteiger partial charge in [-0.05, 0) is 79.9 Å². The lowest BCUT2D eigenvalue weighted by Gasteiger charge is -2.27. The lowest BCUT2D eigenvalue weighted by molar-refractivity contribution is 0.409. The smallest absolute Gasteiger partial charge is 0.171 e. The van der Waals surface area contributed by atoms with E-state index in [4.69, 9.17) is 4.74 Å². The van der Waals surface area contributed by atoms with Gasteiger partial charge in [-0.2, -0.15) is 0 Å². The third kappa shape index (κ3) is 4.47. The Morgan fingerprint density at radius 2 is 1.22 bits per heavy atom. The van der Waals surface area contributed by atoms with Gasteiger partial charge in [-0.15, -0.1) is 0 Å². The van der Waals surface area contributed by atoms with E-state index in [0.29, 0.717) is 11.5 Å². The Balaban J connectivity index is 1.84. The third-order valence-electron chi connectivity index (χ3n) is 5.10. The number of aromatic hydroxyl groups is 3. The van der Waals surface area contributed by atoms with Gasteiger partial charge >= 0.3 is 0 Å². The van der Waals surface area contributed by atoms with Crippen LogP contribution < -0.4 is 9.64 Å². The van der Waals surface area contributed by atoms with E-state index in [2.05, 4.69) is 0 Å². The van der Waals surface area contributed by atoms with Gasteiger partial charge in [-0.25, -0.2) is 0 Å². The third-order valence-corrected chi connectivity index (χ3v) is 5.10. The van der Waals surface area contributed by atoms with Gasteiger partial charge in [0.05, 0.1) is 11.4 Å². The summed E-state index contributed by atoms with van der Waals surface area (Å²) in [5, 5.41) is 30.7. The van der Waals surface area contributed by atoms with Gasteiger partial charge in [0.1, 0.15) is 17.2 Å². The molecule has 5 nitrogen and oxygen atoms in total. The van der Waals surface area contributed by atoms with Crippen molar-refractivity contribution < 1.29 is 20.1 Å². The molecule has 0 spiro atoms. The Bertz CT molecular complexity index is 1170. The predicted molar refractivity (Wildman–Crippen MR) is 127 cm³/mol. The van der Waals surface area contributed by atoms with Crippen molar-refractivity contribution in [3.8, 4) is 28.7 Å². The largest absolute Gasteiger partial charge is 0.508 e. The second-order valence-corrected chi connectivity index (χ2v) is 7.91. The van der Waals surface area contributed by atoms with Crippen LogP contribution in [0.3, 0.4) is 0 Å². The Morgan fingerprint density at radius 3 is 1.78 bits per heavy atom. The van der Waals surface area contributed by atoms with Crippen LogP contribution in [0.5, 0.6) is 28.7 Å². The number of hydrogen-bond donors (Lipinski definition) is 3. The summed E-state index contributed by atoms with van der Waals surface area (Å²) < 4.78 is 6.02. The molecule has 0 saturated carbocycles. The van der Waals surface area contributed by atoms with Crippen molar-refractivity contribution >= 4 is 17.1 Å². The molecule has 3 N–H and O–H groups in total. The quantitative estimate of drug-likeness (QED) is 0.320. The Labute approximate surface area is 187 Å². The summed E-state index contributed by atoms with van der Waals surface area (Å²) in [5.41, 5.74) is 4.87. The molecule has 32 heavy (non-hydrogen) atoms. The van der Waals surface area contributed by atoms with Gasteiger partial charge in [-0.3, -0.25) is 0 Å². The van der Waals surface area contributed by atoms with Crippen LogP contribution in [0, 0.1) is 20.8 Å². The van der Waals surface area contributed by atoms with Crippen LogP contribution in [0.2, 0.25) is 0 Å². The molecule has 0 bridgehead atoms. The Morgan fingerprint density at radius 1 is 0.625 bits per heavy atom. The molecule has 5 heteroatoms. The molecule has 0 heterocycles. The minimum atomic E-state index is 0.0690. The number of nitrogens with zero attached hydrogens (tertiary/aromatic N) is 1. The second kappa shape index (κ2) is 8.55. The van der Waals surface area contributed by atoms with Gasteiger partial charge in [0.15, 0.2) is 11.5 Å². The number of rotatable bonds is 5. The number of ether oxygens (including phenoxy) is 1. The maximum absolute atomic E-state index is 10.2. The molecule has 0 aliphatic heterocycles. The number of aryl methyl sites for hydroxylation is 3. The average Bonchev–Trinajstić information content (AvgIpc) is 2.70. The van der Waals surface area contributed by atoms with Crippen molar-refractivity contribution in [3.63, 3.8) is 0 Å². The monoisotopic (exact) mass is 427 g/mol. The summed E-state index contributed by atoms with van der Waals surface area (Å²) >= 11 is 0. The standard InChI is InChI=1S/C27H25NO4/c1-17-10-21(14-23(29)12-17)28(22-11-18(2)13-24(30)15-22)20-7-5-8-25(16-20)32-27-19(3)6-4-9-26(27)31/h4-16,29-31H,1-3H3. The van der Waals surface area contributed by atoms with Crippen LogP contribution in [0.1, 0.15) is 16.7 Å². The van der Waals surface area contributed by atoms with E-state index < -0.39 is 0 Å². The highest BCUT2D eigenvalue weighted by Gasteiger charge is 2.16. The number of hydrogen-bond acceptors (Lipinski definition) is 5. The summed E-state index contributed by atoms with van der Waals surface area (Å²) in [6, 6.07) is 23.3. The maximum Gasteiger partial charge on any atom is 0.171 e. The normalized spacial score (nSPS) is 10.7. The molecule has 0 aliphatic carbocycles. The molecule has 4 aromatic carbocycles. The fourth-order valence-electron chi connectivity index (χ4n) is 3.77. The molecule has 0 amide bonds. The van der Waals surface area contributed by atoms with Crippen LogP contribution >= 0.6 is 0 Å². The lowest BCUT2D eigenvalue weighted by Crippen LogP contribution is -2.10. The summed E-state index contributed by atoms with van der Waals surface area (Å²) in [7, 11) is 0. The van der Waals surface area contributed by atoms with Gasteiger partial charge in [0.25, 0.3) is 0 Å². The molecule has 4 rings (SSSR count). The highest BCUT2D eigenvalue weighted by molar-refractivity contribution is 5.79. The fourth-order valence-corrected chi connectivity index (χ4v) is 3.77. The molecule has 0 fully saturated rings. The molecular weight excluding hydrogens is 402 g/mol. The maximum atomic E-state index is 10.2. The van der Waals surface area contributed by atoms with E-state index in [1.807, 2.05) is 68.1 Å². The first-order chi connectivity index (χ1) is 15.3. The predicted octanol–water partition coefficient (Wildman–Crippen LogP) is 6.99. The molecule has 4 aromatic rings. The molecule has 0 radical (unpaired) electrons. The molecule has 0 saturated heterocycles. The summed E-state index contributed by atoms with van der Waals surface area (Å²) in [4.78, 5) is 1.93. The zero-order valence-corrected chi connectivity index (χ0v) is 18.2. The van der Waals surface area contributed by atoms with Gasteiger partial charge in [0, 0.05) is 23.9 Å². The minimum Gasteiger partial charge on any atom is -0.508 e. The number of para-hydroxylation sites is 1. The van der Waals surface area contributed by atoms with E-state index >= 15 is 0 Å². The van der Waals surface area contributed by atoms with Crippen molar-refractivity contribution in [3.05, 3.63) is 95.6 Å². The average molecular weight is 428 g/mol. The van der Waals surface area contributed by atoms with E-state index in [0.717, 1.165) is 33.8 Å². The first-order valence-corrected chi connectivity index (χ1v) is 10.3. The molecule has 0 aliphatic rings. The Hall–Kier alpha value is -4.12. The van der Waals surface area contributed by atoms with Crippen molar-refractivity contribution in [2.75, 3.05) is 4.90 Å². The molecule has 162 valence electrons. The van der Waals surface area contributed by atoms with E-state index in [9.17, 15) is 15.3 Å². The highest BCUT2D eigenvalue weighted by atomic mass is 16.5. The topological polar surface area (TPSA) is 73.2 Å². The fraction of sp³-hybridized carbons (Fsp3) is 0.111. The molecule has 0 unspecified atom stereocenters. The van der Waals surface area contributed by atoms with E-state index in [1.165, 1.54) is 0 Å². The molecule has 0 atom stereocenters. The van der Waals surface area contributed by atoms with Crippen LogP contribution in [0.25, 0.3) is 0 Å². The Kier molecular flexibility index (Phi) is 5.65. The summed E-state index contributed by atoms with van der Waals surface area (Å²) in [6.45, 7) is 5.70. The van der Waals surface area contributed by atoms with Crippen molar-refractivity contribution in [1.82, 2.24) is 0 Å². The van der Waals surface area contributed by atoms with Crippen molar-refractivity contribution in [2.24, 2.45) is 0 Å². The second-order valence-electron chi connectivity index (χ2n) is 7.91. The van der Waals surface area contributed by atoms with E-state index in [1.54, 1.807) is 36.4 Å². The molecule has 0 aromatic heterocycles. The first-order valence-electron chi connectivity index (χ1n) is 10.3. The number of benzene rings is 4. The van der Waals surface area contributed by atoms with Crippen LogP contribution in [-0.4, -0.2) is 15.3 Å². The van der Waals surface area contributed by atoms with Crippen LogP contribution in [-0.2, 0) is 0 Å². The van der Waals surface area contributed by atoms with Gasteiger partial charge in [-0.1, -0.05) is 18.2 Å². The van der Waals surface area contributed by atoms with Crippen molar-refractivity contribution in [1.29, 1.82) is 0 Å². The SMILES string of the molecule is Cc1cc(O)cc(N(c2cc(C)cc(O)c2)c2cccc(Oc3c(C)cccc3O)c2)c1. The summed E-state index contributed by atoms with van der Waals surface area (Å²) in [5.74, 6) is 1.32. The molecular formula is C27H25NO4. The van der Waals surface area contributed by atoms with Gasteiger partial charge < -0.3 is 25.0 Å². The number of phenolic OH excluding ortho intramolecular Hbond substituents is 3. The lowest BCUT2D eigenvalue weighted by atomic mass is 10.1. The van der Waals surface area contributed by atoms with Gasteiger partial charge in [0.2, 0.25) is 0 Å². The minimum absolute atomic E-state index is 0.0690. The zero-order chi connectivity index (χ0) is 22.8. The van der Waals surface area contributed by atoms with E-state index in [-0.39, 0.29) is 17.2 Å².